The van der Waals surface area contributed by atoms with Gasteiger partial charge in [-0.15, -0.1) is 0 Å². The summed E-state index contributed by atoms with van der Waals surface area (Å²) < 4.78 is 11.8. The summed E-state index contributed by atoms with van der Waals surface area (Å²) in [6.45, 7) is 3.81. The molecule has 2 rings (SSSR count). The van der Waals surface area contributed by atoms with Crippen LogP contribution in [0.2, 0.25) is 0 Å². The first kappa shape index (κ1) is 14.8. The molecule has 106 valence electrons. The van der Waals surface area contributed by atoms with Crippen LogP contribution < -0.4 is 14.8 Å². The van der Waals surface area contributed by atoms with Crippen molar-refractivity contribution in [1.82, 2.24) is 10.3 Å². The fourth-order valence-electron chi connectivity index (χ4n) is 1.69. The normalized spacial score (nSPS) is 10.3. The minimum absolute atomic E-state index is 0.575. The van der Waals surface area contributed by atoms with Crippen molar-refractivity contribution in [1.29, 1.82) is 0 Å². The van der Waals surface area contributed by atoms with Crippen molar-refractivity contribution in [2.75, 3.05) is 13.7 Å². The molecule has 0 saturated heterocycles. The molecule has 0 aliphatic carbocycles. The molecule has 0 bridgehead atoms. The number of pyridine rings is 1. The van der Waals surface area contributed by atoms with Crippen LogP contribution in [0.4, 0.5) is 0 Å². The number of hydrogen-bond acceptors (Lipinski definition) is 4. The summed E-state index contributed by atoms with van der Waals surface area (Å²) >= 11 is 3.46. The molecule has 0 amide bonds. The Morgan fingerprint density at radius 1 is 1.25 bits per heavy atom. The van der Waals surface area contributed by atoms with E-state index in [9.17, 15) is 0 Å². The SMILES string of the molecule is CCNCc1ccnc(Oc2ccc(OC)cc2Br)c1. The molecule has 0 spiro atoms. The van der Waals surface area contributed by atoms with Gasteiger partial charge in [0.05, 0.1) is 11.6 Å². The van der Waals surface area contributed by atoms with Gasteiger partial charge in [0.25, 0.3) is 0 Å². The van der Waals surface area contributed by atoms with Crippen LogP contribution in [-0.2, 0) is 6.54 Å². The van der Waals surface area contributed by atoms with Crippen LogP contribution in [0.3, 0.4) is 0 Å². The monoisotopic (exact) mass is 336 g/mol. The third-order valence-electron chi connectivity index (χ3n) is 2.73. The van der Waals surface area contributed by atoms with Crippen LogP contribution in [0.25, 0.3) is 0 Å². The number of hydrogen-bond donors (Lipinski definition) is 1. The maximum atomic E-state index is 5.79. The smallest absolute Gasteiger partial charge is 0.219 e. The van der Waals surface area contributed by atoms with Gasteiger partial charge in [0.15, 0.2) is 0 Å². The lowest BCUT2D eigenvalue weighted by Gasteiger charge is -2.09. The molecule has 1 heterocycles. The van der Waals surface area contributed by atoms with E-state index in [-0.39, 0.29) is 0 Å². The summed E-state index contributed by atoms with van der Waals surface area (Å²) in [6.07, 6.45) is 1.75. The molecule has 1 N–H and O–H groups in total. The van der Waals surface area contributed by atoms with Gasteiger partial charge in [0.2, 0.25) is 5.88 Å². The van der Waals surface area contributed by atoms with Crippen LogP contribution in [0, 0.1) is 0 Å². The highest BCUT2D eigenvalue weighted by molar-refractivity contribution is 9.10. The number of aromatic nitrogens is 1. The number of nitrogens with zero attached hydrogens (tertiary/aromatic N) is 1. The van der Waals surface area contributed by atoms with Gasteiger partial charge in [-0.25, -0.2) is 4.98 Å². The average Bonchev–Trinajstić information content (AvgIpc) is 2.47. The van der Waals surface area contributed by atoms with Crippen LogP contribution >= 0.6 is 15.9 Å². The lowest BCUT2D eigenvalue weighted by atomic mass is 10.2. The number of nitrogens with one attached hydrogen (secondary N) is 1. The highest BCUT2D eigenvalue weighted by atomic mass is 79.9. The molecule has 0 radical (unpaired) electrons. The van der Waals surface area contributed by atoms with Crippen molar-refractivity contribution in [2.24, 2.45) is 0 Å². The molecule has 20 heavy (non-hydrogen) atoms. The van der Waals surface area contributed by atoms with E-state index in [0.717, 1.165) is 28.9 Å². The second kappa shape index (κ2) is 7.26. The van der Waals surface area contributed by atoms with Gasteiger partial charge in [0, 0.05) is 18.8 Å². The lowest BCUT2D eigenvalue weighted by Crippen LogP contribution is -2.11. The van der Waals surface area contributed by atoms with E-state index >= 15 is 0 Å². The largest absolute Gasteiger partial charge is 0.497 e. The van der Waals surface area contributed by atoms with Crippen molar-refractivity contribution in [3.63, 3.8) is 0 Å². The molecule has 4 nitrogen and oxygen atoms in total. The van der Waals surface area contributed by atoms with Gasteiger partial charge in [-0.3, -0.25) is 0 Å². The van der Waals surface area contributed by atoms with Crippen molar-refractivity contribution in [3.8, 4) is 17.4 Å². The van der Waals surface area contributed by atoms with Crippen molar-refractivity contribution < 1.29 is 9.47 Å². The average molecular weight is 337 g/mol. The Bertz CT molecular complexity index is 576. The van der Waals surface area contributed by atoms with Gasteiger partial charge in [-0.1, -0.05) is 6.92 Å². The maximum absolute atomic E-state index is 5.79. The Balaban J connectivity index is 2.13. The summed E-state index contributed by atoms with van der Waals surface area (Å²) in [6, 6.07) is 9.46. The first-order valence-corrected chi connectivity index (χ1v) is 7.19. The quantitative estimate of drug-likeness (QED) is 0.872. The molecular weight excluding hydrogens is 320 g/mol. The molecule has 0 aliphatic rings. The number of rotatable bonds is 6. The zero-order valence-electron chi connectivity index (χ0n) is 11.5. The summed E-state index contributed by atoms with van der Waals surface area (Å²) in [5.74, 6) is 2.06. The zero-order chi connectivity index (χ0) is 14.4. The summed E-state index contributed by atoms with van der Waals surface area (Å²) in [5.41, 5.74) is 1.14. The number of ether oxygens (including phenoxy) is 2. The number of methoxy groups -OCH3 is 1. The maximum Gasteiger partial charge on any atom is 0.219 e. The molecular formula is C15H17BrN2O2. The van der Waals surface area contributed by atoms with Crippen LogP contribution in [0.15, 0.2) is 41.0 Å². The second-order valence-corrected chi connectivity index (χ2v) is 5.04. The summed E-state index contributed by atoms with van der Waals surface area (Å²) in [7, 11) is 1.63. The molecule has 0 fully saturated rings. The highest BCUT2D eigenvalue weighted by Crippen LogP contribution is 2.32. The van der Waals surface area contributed by atoms with Gasteiger partial charge >= 0.3 is 0 Å². The van der Waals surface area contributed by atoms with E-state index in [0.29, 0.717) is 11.6 Å². The van der Waals surface area contributed by atoms with E-state index in [1.807, 2.05) is 30.3 Å². The standard InChI is InChI=1S/C15H17BrN2O2/c1-3-17-10-11-6-7-18-15(8-11)20-14-5-4-12(19-2)9-13(14)16/h4-9,17H,3,10H2,1-2H3. The van der Waals surface area contributed by atoms with Gasteiger partial charge in [-0.2, -0.15) is 0 Å². The third-order valence-corrected chi connectivity index (χ3v) is 3.35. The van der Waals surface area contributed by atoms with Crippen molar-refractivity contribution in [3.05, 3.63) is 46.6 Å². The van der Waals surface area contributed by atoms with E-state index < -0.39 is 0 Å². The molecule has 1 aromatic carbocycles. The lowest BCUT2D eigenvalue weighted by molar-refractivity contribution is 0.411. The predicted octanol–water partition coefficient (Wildman–Crippen LogP) is 3.75. The fourth-order valence-corrected chi connectivity index (χ4v) is 2.13. The van der Waals surface area contributed by atoms with Crippen LogP contribution in [0.5, 0.6) is 17.4 Å². The highest BCUT2D eigenvalue weighted by Gasteiger charge is 2.06. The first-order valence-electron chi connectivity index (χ1n) is 6.40. The fraction of sp³-hybridized carbons (Fsp3) is 0.267. The van der Waals surface area contributed by atoms with Crippen LogP contribution in [0.1, 0.15) is 12.5 Å². The third kappa shape index (κ3) is 3.95. The van der Waals surface area contributed by atoms with E-state index in [2.05, 4.69) is 33.2 Å². The molecule has 0 saturated carbocycles. The van der Waals surface area contributed by atoms with Gasteiger partial charge < -0.3 is 14.8 Å². The Hall–Kier alpha value is -1.59. The summed E-state index contributed by atoms with van der Waals surface area (Å²) in [5, 5.41) is 3.27. The van der Waals surface area contributed by atoms with Gasteiger partial charge in [-0.05, 0) is 52.3 Å². The van der Waals surface area contributed by atoms with Crippen molar-refractivity contribution in [2.45, 2.75) is 13.5 Å². The minimum atomic E-state index is 0.575. The topological polar surface area (TPSA) is 43.4 Å². The van der Waals surface area contributed by atoms with Crippen LogP contribution in [-0.4, -0.2) is 18.6 Å². The predicted molar refractivity (Wildman–Crippen MR) is 82.4 cm³/mol. The Morgan fingerprint density at radius 2 is 2.10 bits per heavy atom. The molecule has 0 unspecified atom stereocenters. The zero-order valence-corrected chi connectivity index (χ0v) is 13.1. The van der Waals surface area contributed by atoms with Crippen molar-refractivity contribution >= 4 is 15.9 Å². The minimum Gasteiger partial charge on any atom is -0.497 e. The second-order valence-electron chi connectivity index (χ2n) is 4.18. The molecule has 0 atom stereocenters. The molecule has 1 aromatic heterocycles. The molecule has 2 aromatic rings. The Kier molecular flexibility index (Phi) is 5.38. The van der Waals surface area contributed by atoms with E-state index in [1.54, 1.807) is 13.3 Å². The van der Waals surface area contributed by atoms with Gasteiger partial charge in [0.1, 0.15) is 11.5 Å². The Morgan fingerprint density at radius 3 is 2.80 bits per heavy atom. The van der Waals surface area contributed by atoms with E-state index in [4.69, 9.17) is 9.47 Å². The summed E-state index contributed by atoms with van der Waals surface area (Å²) in [4.78, 5) is 4.22. The molecule has 0 aliphatic heterocycles. The molecule has 5 heteroatoms. The van der Waals surface area contributed by atoms with E-state index in [1.165, 1.54) is 0 Å². The Labute approximate surface area is 127 Å². The number of halogens is 1. The number of benzene rings is 1. The first-order chi connectivity index (χ1) is 9.72.